The van der Waals surface area contributed by atoms with E-state index in [9.17, 15) is 0 Å². The molecule has 2 rings (SSSR count). The number of thioether (sulfide) groups is 1. The molecule has 0 radical (unpaired) electrons. The SMILES string of the molecule is CSc1cccc(Sc2ccc(Br)cc2)c1C(=N)N. The van der Waals surface area contributed by atoms with Crippen LogP contribution < -0.4 is 5.73 Å². The molecule has 0 heterocycles. The van der Waals surface area contributed by atoms with Gasteiger partial charge in [0.15, 0.2) is 0 Å². The Bertz CT molecular complexity index is 597. The van der Waals surface area contributed by atoms with Gasteiger partial charge in [0.25, 0.3) is 0 Å². The minimum Gasteiger partial charge on any atom is -0.384 e. The molecular formula is C14H13BrN2S2. The normalized spacial score (nSPS) is 10.4. The zero-order chi connectivity index (χ0) is 13.8. The van der Waals surface area contributed by atoms with Crippen LogP contribution in [-0.4, -0.2) is 12.1 Å². The van der Waals surface area contributed by atoms with E-state index >= 15 is 0 Å². The van der Waals surface area contributed by atoms with E-state index in [1.54, 1.807) is 23.5 Å². The zero-order valence-corrected chi connectivity index (χ0v) is 13.5. The second-order valence-corrected chi connectivity index (χ2v) is 6.68. The molecule has 19 heavy (non-hydrogen) atoms. The fourth-order valence-electron chi connectivity index (χ4n) is 1.66. The second-order valence-electron chi connectivity index (χ2n) is 3.80. The van der Waals surface area contributed by atoms with E-state index in [-0.39, 0.29) is 5.84 Å². The number of nitrogen functional groups attached to an aromatic ring is 1. The lowest BCUT2D eigenvalue weighted by molar-refractivity contribution is 1.25. The fourth-order valence-corrected chi connectivity index (χ4v) is 3.62. The van der Waals surface area contributed by atoms with Gasteiger partial charge in [-0.05, 0) is 42.7 Å². The lowest BCUT2D eigenvalue weighted by atomic mass is 10.2. The van der Waals surface area contributed by atoms with Crippen LogP contribution in [0.2, 0.25) is 0 Å². The van der Waals surface area contributed by atoms with Crippen molar-refractivity contribution in [2.45, 2.75) is 14.7 Å². The third-order valence-corrected chi connectivity index (χ3v) is 4.90. The molecule has 0 aliphatic heterocycles. The molecule has 2 aromatic carbocycles. The predicted molar refractivity (Wildman–Crippen MR) is 87.5 cm³/mol. The Morgan fingerprint density at radius 2 is 1.74 bits per heavy atom. The monoisotopic (exact) mass is 352 g/mol. The van der Waals surface area contributed by atoms with Crippen LogP contribution in [0.5, 0.6) is 0 Å². The Kier molecular flexibility index (Phi) is 4.96. The van der Waals surface area contributed by atoms with E-state index in [1.165, 1.54) is 0 Å². The first-order valence-electron chi connectivity index (χ1n) is 5.56. The summed E-state index contributed by atoms with van der Waals surface area (Å²) in [5.74, 6) is 0.115. The molecule has 2 aromatic rings. The van der Waals surface area contributed by atoms with Gasteiger partial charge in [-0.3, -0.25) is 5.41 Å². The van der Waals surface area contributed by atoms with E-state index in [4.69, 9.17) is 11.1 Å². The van der Waals surface area contributed by atoms with Crippen LogP contribution in [-0.2, 0) is 0 Å². The number of rotatable bonds is 4. The number of amidine groups is 1. The van der Waals surface area contributed by atoms with Crippen LogP contribution >= 0.6 is 39.5 Å². The van der Waals surface area contributed by atoms with Crippen molar-refractivity contribution in [3.05, 3.63) is 52.5 Å². The summed E-state index contributed by atoms with van der Waals surface area (Å²) in [6.07, 6.45) is 2.00. The first kappa shape index (κ1) is 14.5. The largest absolute Gasteiger partial charge is 0.384 e. The van der Waals surface area contributed by atoms with Crippen molar-refractivity contribution >= 4 is 45.3 Å². The predicted octanol–water partition coefficient (Wildman–Crippen LogP) is 4.61. The molecule has 0 fully saturated rings. The van der Waals surface area contributed by atoms with Crippen molar-refractivity contribution < 1.29 is 0 Å². The highest BCUT2D eigenvalue weighted by molar-refractivity contribution is 9.10. The molecule has 0 aromatic heterocycles. The Balaban J connectivity index is 2.39. The van der Waals surface area contributed by atoms with Gasteiger partial charge in [0, 0.05) is 24.7 Å². The smallest absolute Gasteiger partial charge is 0.125 e. The molecule has 0 saturated heterocycles. The average molecular weight is 353 g/mol. The van der Waals surface area contributed by atoms with Crippen LogP contribution in [0.4, 0.5) is 0 Å². The molecule has 98 valence electrons. The van der Waals surface area contributed by atoms with Crippen LogP contribution in [0.25, 0.3) is 0 Å². The van der Waals surface area contributed by atoms with Gasteiger partial charge in [0.05, 0.1) is 0 Å². The molecule has 3 N–H and O–H groups in total. The minimum absolute atomic E-state index is 0.115. The highest BCUT2D eigenvalue weighted by Gasteiger charge is 2.11. The van der Waals surface area contributed by atoms with E-state index in [1.807, 2.05) is 48.7 Å². The van der Waals surface area contributed by atoms with Gasteiger partial charge in [0.1, 0.15) is 5.84 Å². The van der Waals surface area contributed by atoms with Gasteiger partial charge < -0.3 is 5.73 Å². The maximum Gasteiger partial charge on any atom is 0.125 e. The molecule has 0 aliphatic rings. The van der Waals surface area contributed by atoms with Gasteiger partial charge in [-0.25, -0.2) is 0 Å². The molecule has 0 unspecified atom stereocenters. The van der Waals surface area contributed by atoms with Crippen molar-refractivity contribution in [1.82, 2.24) is 0 Å². The zero-order valence-electron chi connectivity index (χ0n) is 10.3. The number of halogens is 1. The summed E-state index contributed by atoms with van der Waals surface area (Å²) in [5, 5.41) is 7.76. The highest BCUT2D eigenvalue weighted by atomic mass is 79.9. The quantitative estimate of drug-likeness (QED) is 0.480. The van der Waals surface area contributed by atoms with Crippen molar-refractivity contribution in [2.24, 2.45) is 5.73 Å². The number of hydrogen-bond donors (Lipinski definition) is 2. The Morgan fingerprint density at radius 1 is 1.11 bits per heavy atom. The third kappa shape index (κ3) is 3.55. The first-order valence-corrected chi connectivity index (χ1v) is 8.40. The van der Waals surface area contributed by atoms with Crippen LogP contribution in [0, 0.1) is 5.41 Å². The van der Waals surface area contributed by atoms with Gasteiger partial charge >= 0.3 is 0 Å². The van der Waals surface area contributed by atoms with Gasteiger partial charge in [-0.15, -0.1) is 11.8 Å². The van der Waals surface area contributed by atoms with E-state index in [0.717, 1.165) is 24.7 Å². The fraction of sp³-hybridized carbons (Fsp3) is 0.0714. The summed E-state index contributed by atoms with van der Waals surface area (Å²) < 4.78 is 1.06. The minimum atomic E-state index is 0.115. The molecule has 0 spiro atoms. The molecule has 5 heteroatoms. The lowest BCUT2D eigenvalue weighted by Gasteiger charge is -2.11. The summed E-state index contributed by atoms with van der Waals surface area (Å²) in [7, 11) is 0. The number of benzene rings is 2. The van der Waals surface area contributed by atoms with Gasteiger partial charge in [0.2, 0.25) is 0 Å². The summed E-state index contributed by atoms with van der Waals surface area (Å²) in [5.41, 5.74) is 6.54. The first-order chi connectivity index (χ1) is 9.11. The van der Waals surface area contributed by atoms with Crippen LogP contribution in [0.15, 0.2) is 61.6 Å². The maximum atomic E-state index is 7.76. The lowest BCUT2D eigenvalue weighted by Crippen LogP contribution is -2.13. The third-order valence-electron chi connectivity index (χ3n) is 2.52. The van der Waals surface area contributed by atoms with Gasteiger partial charge in [-0.1, -0.05) is 33.8 Å². The number of nitrogens with one attached hydrogen (secondary N) is 1. The number of hydrogen-bond acceptors (Lipinski definition) is 3. The Hall–Kier alpha value is -0.910. The molecule has 0 amide bonds. The molecule has 0 bridgehead atoms. The Labute approximate surface area is 129 Å². The molecular weight excluding hydrogens is 340 g/mol. The standard InChI is InChI=1S/C14H13BrN2S2/c1-18-11-3-2-4-12(13(11)14(16)17)19-10-7-5-9(15)6-8-10/h2-8H,1H3,(H3,16,17). The van der Waals surface area contributed by atoms with Crippen molar-refractivity contribution in [3.63, 3.8) is 0 Å². The summed E-state index contributed by atoms with van der Waals surface area (Å²) >= 11 is 6.66. The van der Waals surface area contributed by atoms with Crippen LogP contribution in [0.1, 0.15) is 5.56 Å². The highest BCUT2D eigenvalue weighted by Crippen LogP contribution is 2.34. The molecule has 0 atom stereocenters. The summed E-state index contributed by atoms with van der Waals surface area (Å²) in [6, 6.07) is 14.1. The topological polar surface area (TPSA) is 49.9 Å². The van der Waals surface area contributed by atoms with Gasteiger partial charge in [-0.2, -0.15) is 0 Å². The summed E-state index contributed by atoms with van der Waals surface area (Å²) in [4.78, 5) is 3.18. The van der Waals surface area contributed by atoms with E-state index < -0.39 is 0 Å². The second kappa shape index (κ2) is 6.50. The number of nitrogens with two attached hydrogens (primary N) is 1. The van der Waals surface area contributed by atoms with E-state index in [0.29, 0.717) is 0 Å². The van der Waals surface area contributed by atoms with Crippen molar-refractivity contribution in [2.75, 3.05) is 6.26 Å². The molecule has 0 saturated carbocycles. The van der Waals surface area contributed by atoms with E-state index in [2.05, 4.69) is 15.9 Å². The van der Waals surface area contributed by atoms with Crippen LogP contribution in [0.3, 0.4) is 0 Å². The van der Waals surface area contributed by atoms with Crippen molar-refractivity contribution in [3.8, 4) is 0 Å². The maximum absolute atomic E-state index is 7.76. The molecule has 2 nitrogen and oxygen atoms in total. The average Bonchev–Trinajstić information content (AvgIpc) is 2.40. The summed E-state index contributed by atoms with van der Waals surface area (Å²) in [6.45, 7) is 0. The molecule has 0 aliphatic carbocycles. The van der Waals surface area contributed by atoms with Crippen molar-refractivity contribution in [1.29, 1.82) is 5.41 Å². The Morgan fingerprint density at radius 3 is 2.32 bits per heavy atom.